The van der Waals surface area contributed by atoms with Gasteiger partial charge in [-0.05, 0) is 19.1 Å². The molecule has 0 saturated heterocycles. The Kier molecular flexibility index (Phi) is 4.26. The molecule has 0 saturated carbocycles. The van der Waals surface area contributed by atoms with Crippen LogP contribution in [0.4, 0.5) is 0 Å². The van der Waals surface area contributed by atoms with Crippen LogP contribution >= 0.6 is 0 Å². The van der Waals surface area contributed by atoms with Crippen LogP contribution in [-0.2, 0) is 20.1 Å². The van der Waals surface area contributed by atoms with Gasteiger partial charge in [-0.25, -0.2) is 13.1 Å². The summed E-state index contributed by atoms with van der Waals surface area (Å²) in [6, 6.07) is 6.12. The van der Waals surface area contributed by atoms with Gasteiger partial charge in [0.15, 0.2) is 0 Å². The third kappa shape index (κ3) is 4.82. The molecule has 0 spiro atoms. The van der Waals surface area contributed by atoms with Gasteiger partial charge in [0.2, 0.25) is 10.0 Å². The second-order valence-electron chi connectivity index (χ2n) is 3.50. The van der Waals surface area contributed by atoms with E-state index in [1.165, 1.54) is 12.1 Å². The molecule has 0 atom stereocenters. The van der Waals surface area contributed by atoms with Gasteiger partial charge < -0.3 is 0 Å². The van der Waals surface area contributed by atoms with Crippen molar-refractivity contribution < 1.29 is 21.4 Å². The minimum Gasteiger partial charge on any atom is -0.286 e. The van der Waals surface area contributed by atoms with E-state index in [0.717, 1.165) is 5.56 Å². The molecule has 0 unspecified atom stereocenters. The SMILES string of the molecule is Cc1ccc(S(=O)(=O)NCCS(=O)(=O)O)cc1. The predicted octanol–water partition coefficient (Wildman–Crippen LogP) is 0.161. The minimum absolute atomic E-state index is 0.0541. The van der Waals surface area contributed by atoms with Crippen molar-refractivity contribution in [2.45, 2.75) is 11.8 Å². The summed E-state index contributed by atoms with van der Waals surface area (Å²) >= 11 is 0. The quantitative estimate of drug-likeness (QED) is 0.748. The summed E-state index contributed by atoms with van der Waals surface area (Å²) in [5.41, 5.74) is 0.918. The lowest BCUT2D eigenvalue weighted by molar-refractivity contribution is 0.482. The van der Waals surface area contributed by atoms with Crippen LogP contribution in [0.1, 0.15) is 5.56 Å². The Labute approximate surface area is 100 Å². The molecule has 0 heterocycles. The Bertz CT molecular complexity index is 574. The standard InChI is InChI=1S/C9H13NO5S2/c1-8-2-4-9(5-3-8)17(14,15)10-6-7-16(11,12)13/h2-5,10H,6-7H2,1H3,(H,11,12,13). The van der Waals surface area contributed by atoms with Crippen molar-refractivity contribution in [3.63, 3.8) is 0 Å². The van der Waals surface area contributed by atoms with Crippen molar-refractivity contribution in [3.8, 4) is 0 Å². The van der Waals surface area contributed by atoms with E-state index in [2.05, 4.69) is 4.72 Å². The molecule has 1 rings (SSSR count). The van der Waals surface area contributed by atoms with Crippen molar-refractivity contribution in [2.75, 3.05) is 12.3 Å². The number of aryl methyl sites for hydroxylation is 1. The molecule has 0 aromatic heterocycles. The lowest BCUT2D eigenvalue weighted by Gasteiger charge is -2.05. The molecule has 1 aromatic carbocycles. The van der Waals surface area contributed by atoms with E-state index in [9.17, 15) is 16.8 Å². The fourth-order valence-electron chi connectivity index (χ4n) is 1.11. The third-order valence-corrected chi connectivity index (χ3v) is 4.18. The van der Waals surface area contributed by atoms with Crippen molar-refractivity contribution in [3.05, 3.63) is 29.8 Å². The average molecular weight is 279 g/mol. The zero-order valence-corrected chi connectivity index (χ0v) is 10.8. The zero-order valence-electron chi connectivity index (χ0n) is 9.12. The highest BCUT2D eigenvalue weighted by Gasteiger charge is 2.14. The molecule has 0 aliphatic carbocycles. The Hall–Kier alpha value is -0.960. The first-order valence-electron chi connectivity index (χ1n) is 4.72. The van der Waals surface area contributed by atoms with Crippen LogP contribution in [0, 0.1) is 6.92 Å². The molecule has 17 heavy (non-hydrogen) atoms. The molecule has 96 valence electrons. The lowest BCUT2D eigenvalue weighted by atomic mass is 10.2. The summed E-state index contributed by atoms with van der Waals surface area (Å²) < 4.78 is 54.7. The summed E-state index contributed by atoms with van der Waals surface area (Å²) in [5.74, 6) is -0.655. The summed E-state index contributed by atoms with van der Waals surface area (Å²) in [7, 11) is -7.89. The zero-order chi connectivity index (χ0) is 13.1. The van der Waals surface area contributed by atoms with Crippen LogP contribution in [0.25, 0.3) is 0 Å². The van der Waals surface area contributed by atoms with E-state index in [1.807, 2.05) is 6.92 Å². The molecule has 0 aliphatic rings. The Balaban J connectivity index is 2.73. The van der Waals surface area contributed by atoms with Gasteiger partial charge in [-0.1, -0.05) is 17.7 Å². The van der Waals surface area contributed by atoms with E-state index in [1.54, 1.807) is 12.1 Å². The van der Waals surface area contributed by atoms with Gasteiger partial charge in [-0.15, -0.1) is 0 Å². The van der Waals surface area contributed by atoms with Crippen LogP contribution in [-0.4, -0.2) is 33.7 Å². The first kappa shape index (κ1) is 14.1. The molecule has 1 aromatic rings. The molecule has 0 bridgehead atoms. The van der Waals surface area contributed by atoms with Crippen molar-refractivity contribution in [2.24, 2.45) is 0 Å². The fourth-order valence-corrected chi connectivity index (χ4v) is 2.63. The molecular formula is C9H13NO5S2. The van der Waals surface area contributed by atoms with Crippen LogP contribution in [0.3, 0.4) is 0 Å². The van der Waals surface area contributed by atoms with E-state index < -0.39 is 25.9 Å². The van der Waals surface area contributed by atoms with Crippen molar-refractivity contribution >= 4 is 20.1 Å². The monoisotopic (exact) mass is 279 g/mol. The largest absolute Gasteiger partial charge is 0.286 e. The lowest BCUT2D eigenvalue weighted by Crippen LogP contribution is -2.29. The average Bonchev–Trinajstić information content (AvgIpc) is 2.15. The number of hydrogen-bond donors (Lipinski definition) is 2. The maximum Gasteiger partial charge on any atom is 0.266 e. The van der Waals surface area contributed by atoms with E-state index in [0.29, 0.717) is 0 Å². The molecule has 6 nitrogen and oxygen atoms in total. The van der Waals surface area contributed by atoms with Gasteiger partial charge in [0.05, 0.1) is 10.6 Å². The topological polar surface area (TPSA) is 101 Å². The summed E-state index contributed by atoms with van der Waals surface area (Å²) in [5, 5.41) is 0. The number of sulfonamides is 1. The molecule has 0 fully saturated rings. The van der Waals surface area contributed by atoms with Gasteiger partial charge in [0.25, 0.3) is 10.1 Å². The van der Waals surface area contributed by atoms with Gasteiger partial charge in [-0.3, -0.25) is 4.55 Å². The highest BCUT2D eigenvalue weighted by molar-refractivity contribution is 7.89. The van der Waals surface area contributed by atoms with Gasteiger partial charge in [-0.2, -0.15) is 8.42 Å². The summed E-state index contributed by atoms with van der Waals surface area (Å²) in [4.78, 5) is 0.0541. The molecule has 0 amide bonds. The maximum atomic E-state index is 11.6. The first-order chi connectivity index (χ1) is 7.71. The molecule has 2 N–H and O–H groups in total. The third-order valence-electron chi connectivity index (χ3n) is 1.98. The number of rotatable bonds is 5. The molecule has 0 radical (unpaired) electrons. The second-order valence-corrected chi connectivity index (χ2v) is 6.84. The van der Waals surface area contributed by atoms with Crippen molar-refractivity contribution in [1.29, 1.82) is 0 Å². The van der Waals surface area contributed by atoms with E-state index in [4.69, 9.17) is 4.55 Å². The van der Waals surface area contributed by atoms with Gasteiger partial charge in [0.1, 0.15) is 0 Å². The Morgan fingerprint density at radius 3 is 2.12 bits per heavy atom. The Morgan fingerprint density at radius 1 is 1.12 bits per heavy atom. The van der Waals surface area contributed by atoms with Crippen molar-refractivity contribution in [1.82, 2.24) is 4.72 Å². The number of hydrogen-bond acceptors (Lipinski definition) is 4. The first-order valence-corrected chi connectivity index (χ1v) is 7.81. The molecule has 0 aliphatic heterocycles. The number of nitrogens with one attached hydrogen (secondary N) is 1. The highest BCUT2D eigenvalue weighted by atomic mass is 32.2. The van der Waals surface area contributed by atoms with Gasteiger partial charge >= 0.3 is 0 Å². The van der Waals surface area contributed by atoms with Crippen LogP contribution in [0.5, 0.6) is 0 Å². The highest BCUT2D eigenvalue weighted by Crippen LogP contribution is 2.09. The minimum atomic E-state index is -4.16. The fraction of sp³-hybridized carbons (Fsp3) is 0.333. The predicted molar refractivity (Wildman–Crippen MR) is 62.8 cm³/mol. The summed E-state index contributed by atoms with van der Waals surface area (Å²) in [6.45, 7) is 1.46. The van der Waals surface area contributed by atoms with Crippen LogP contribution in [0.15, 0.2) is 29.2 Å². The van der Waals surface area contributed by atoms with E-state index >= 15 is 0 Å². The van der Waals surface area contributed by atoms with E-state index in [-0.39, 0.29) is 11.4 Å². The second kappa shape index (κ2) is 5.13. The molecular weight excluding hydrogens is 266 g/mol. The van der Waals surface area contributed by atoms with Crippen LogP contribution in [0.2, 0.25) is 0 Å². The summed E-state index contributed by atoms with van der Waals surface area (Å²) in [6.07, 6.45) is 0. The molecule has 8 heteroatoms. The maximum absolute atomic E-state index is 11.6. The van der Waals surface area contributed by atoms with Gasteiger partial charge in [0, 0.05) is 6.54 Å². The smallest absolute Gasteiger partial charge is 0.266 e. The normalized spacial score (nSPS) is 12.6. The van der Waals surface area contributed by atoms with Crippen LogP contribution < -0.4 is 4.72 Å². The Morgan fingerprint density at radius 2 is 1.65 bits per heavy atom. The number of benzene rings is 1.